The van der Waals surface area contributed by atoms with E-state index in [1.54, 1.807) is 7.11 Å². The molecule has 3 aromatic rings. The van der Waals surface area contributed by atoms with Crippen molar-refractivity contribution < 1.29 is 9.53 Å². The molecule has 1 aliphatic rings. The third-order valence-electron chi connectivity index (χ3n) is 6.18. The summed E-state index contributed by atoms with van der Waals surface area (Å²) in [5.41, 5.74) is 9.10. The van der Waals surface area contributed by atoms with Gasteiger partial charge in [0.25, 0.3) is 0 Å². The topological polar surface area (TPSA) is 80.1 Å². The number of amides is 1. The Bertz CT molecular complexity index is 971. The summed E-state index contributed by atoms with van der Waals surface area (Å²) in [6.45, 7) is 0.506. The Hall–Kier alpha value is -2.79. The molecule has 4 rings (SSSR count). The summed E-state index contributed by atoms with van der Waals surface area (Å²) in [5, 5.41) is 4.33. The summed E-state index contributed by atoms with van der Waals surface area (Å²) < 4.78 is 5.31. The lowest BCUT2D eigenvalue weighted by Crippen LogP contribution is -2.55. The normalized spacial score (nSPS) is 17.0. The van der Waals surface area contributed by atoms with Crippen LogP contribution in [0.5, 0.6) is 5.75 Å². The van der Waals surface area contributed by atoms with Gasteiger partial charge < -0.3 is 20.8 Å². The summed E-state index contributed by atoms with van der Waals surface area (Å²) in [4.78, 5) is 16.3. The van der Waals surface area contributed by atoms with E-state index in [0.717, 1.165) is 48.9 Å². The monoisotopic (exact) mass is 391 g/mol. The van der Waals surface area contributed by atoms with E-state index in [0.29, 0.717) is 6.54 Å². The molecule has 5 heteroatoms. The minimum Gasteiger partial charge on any atom is -0.497 e. The molecular formula is C24H29N3O2. The molecule has 1 heterocycles. The number of benzene rings is 2. The molecule has 4 N–H and O–H groups in total. The number of aromatic nitrogens is 1. The first-order valence-electron chi connectivity index (χ1n) is 10.4. The largest absolute Gasteiger partial charge is 0.497 e. The van der Waals surface area contributed by atoms with Crippen LogP contribution in [0.3, 0.4) is 0 Å². The van der Waals surface area contributed by atoms with Gasteiger partial charge >= 0.3 is 0 Å². The molecule has 1 atom stereocenters. The summed E-state index contributed by atoms with van der Waals surface area (Å²) in [6.07, 6.45) is 6.78. The number of fused-ring (bicyclic) bond motifs is 1. The molecule has 1 aromatic heterocycles. The number of para-hydroxylation sites is 1. The molecule has 1 unspecified atom stereocenters. The number of rotatable bonds is 6. The first-order chi connectivity index (χ1) is 14.1. The van der Waals surface area contributed by atoms with Gasteiger partial charge in [-0.3, -0.25) is 4.79 Å². The maximum atomic E-state index is 12.9. The number of nitrogens with two attached hydrogens (primary N) is 1. The molecule has 29 heavy (non-hydrogen) atoms. The summed E-state index contributed by atoms with van der Waals surface area (Å²) in [5.74, 6) is 0.808. The van der Waals surface area contributed by atoms with Crippen molar-refractivity contribution in [2.45, 2.75) is 43.6 Å². The van der Waals surface area contributed by atoms with Gasteiger partial charge in [0.1, 0.15) is 5.75 Å². The lowest BCUT2D eigenvalue weighted by molar-refractivity contribution is -0.127. The predicted octanol–water partition coefficient (Wildman–Crippen LogP) is 4.09. The highest BCUT2D eigenvalue weighted by Crippen LogP contribution is 2.32. The van der Waals surface area contributed by atoms with Gasteiger partial charge in [0.2, 0.25) is 5.91 Å². The second-order valence-corrected chi connectivity index (χ2v) is 8.04. The van der Waals surface area contributed by atoms with Crippen molar-refractivity contribution in [2.24, 2.45) is 5.73 Å². The molecule has 0 radical (unpaired) electrons. The molecule has 0 saturated heterocycles. The highest BCUT2D eigenvalue weighted by molar-refractivity contribution is 5.87. The average molecular weight is 392 g/mol. The Morgan fingerprint density at radius 2 is 1.86 bits per heavy atom. The Morgan fingerprint density at radius 1 is 1.14 bits per heavy atom. The van der Waals surface area contributed by atoms with Gasteiger partial charge in [-0.1, -0.05) is 49.6 Å². The van der Waals surface area contributed by atoms with Crippen LogP contribution in [-0.4, -0.2) is 30.1 Å². The molecule has 0 bridgehead atoms. The average Bonchev–Trinajstić information content (AvgIpc) is 3.19. The zero-order valence-corrected chi connectivity index (χ0v) is 16.9. The highest BCUT2D eigenvalue weighted by Gasteiger charge is 2.35. The predicted molar refractivity (Wildman–Crippen MR) is 116 cm³/mol. The third-order valence-corrected chi connectivity index (χ3v) is 6.18. The standard InChI is InChI=1S/C24H29N3O2/c1-29-18-11-9-17(10-12-18)20(21-16-26-22-8-4-3-7-19(21)22)15-27-23(28)24(25)13-5-2-6-14-24/h3-4,7-12,16,20,26H,2,5-6,13-15,25H2,1H3,(H,27,28). The van der Waals surface area contributed by atoms with Gasteiger partial charge in [0.05, 0.1) is 12.6 Å². The molecule has 1 fully saturated rings. The summed E-state index contributed by atoms with van der Waals surface area (Å²) >= 11 is 0. The lowest BCUT2D eigenvalue weighted by atomic mass is 9.81. The Kier molecular flexibility index (Phi) is 5.58. The number of aromatic amines is 1. The van der Waals surface area contributed by atoms with Gasteiger partial charge in [0, 0.05) is 29.6 Å². The van der Waals surface area contributed by atoms with E-state index in [-0.39, 0.29) is 11.8 Å². The SMILES string of the molecule is COc1ccc(C(CNC(=O)C2(N)CCCCC2)c2c[nH]c3ccccc23)cc1. The van der Waals surface area contributed by atoms with Gasteiger partial charge in [0.15, 0.2) is 0 Å². The van der Waals surface area contributed by atoms with Crippen molar-refractivity contribution >= 4 is 16.8 Å². The Balaban J connectivity index is 1.62. The van der Waals surface area contributed by atoms with E-state index in [9.17, 15) is 4.79 Å². The van der Waals surface area contributed by atoms with Crippen LogP contribution in [0, 0.1) is 0 Å². The maximum absolute atomic E-state index is 12.9. The number of carbonyl (C=O) groups is 1. The number of methoxy groups -OCH3 is 1. The molecule has 0 aliphatic heterocycles. The number of hydrogen-bond acceptors (Lipinski definition) is 3. The molecule has 152 valence electrons. The van der Waals surface area contributed by atoms with E-state index in [2.05, 4.69) is 34.6 Å². The summed E-state index contributed by atoms with van der Waals surface area (Å²) in [6, 6.07) is 16.3. The molecular weight excluding hydrogens is 362 g/mol. The second kappa shape index (κ2) is 8.29. The fourth-order valence-corrected chi connectivity index (χ4v) is 4.41. The molecule has 2 aromatic carbocycles. The van der Waals surface area contributed by atoms with Gasteiger partial charge in [-0.05, 0) is 42.2 Å². The van der Waals surface area contributed by atoms with E-state index in [1.807, 2.05) is 30.5 Å². The fraction of sp³-hybridized carbons (Fsp3) is 0.375. The van der Waals surface area contributed by atoms with Crippen molar-refractivity contribution in [3.05, 3.63) is 65.9 Å². The Morgan fingerprint density at radius 3 is 2.59 bits per heavy atom. The quantitative estimate of drug-likeness (QED) is 0.592. The van der Waals surface area contributed by atoms with Gasteiger partial charge in [-0.2, -0.15) is 0 Å². The smallest absolute Gasteiger partial charge is 0.240 e. The minimum atomic E-state index is -0.733. The zero-order chi connectivity index (χ0) is 20.3. The molecule has 0 spiro atoms. The number of carbonyl (C=O) groups excluding carboxylic acids is 1. The van der Waals surface area contributed by atoms with Crippen LogP contribution < -0.4 is 15.8 Å². The first kappa shape index (κ1) is 19.5. The number of ether oxygens (including phenoxy) is 1. The number of nitrogens with one attached hydrogen (secondary N) is 2. The van der Waals surface area contributed by atoms with Crippen molar-refractivity contribution in [3.63, 3.8) is 0 Å². The zero-order valence-electron chi connectivity index (χ0n) is 16.9. The Labute approximate surface area is 171 Å². The van der Waals surface area contributed by atoms with E-state index in [4.69, 9.17) is 10.5 Å². The highest BCUT2D eigenvalue weighted by atomic mass is 16.5. The third kappa shape index (κ3) is 4.01. The van der Waals surface area contributed by atoms with E-state index in [1.165, 1.54) is 10.9 Å². The van der Waals surface area contributed by atoms with E-state index < -0.39 is 5.54 Å². The van der Waals surface area contributed by atoms with Crippen LogP contribution in [0.4, 0.5) is 0 Å². The number of H-pyrrole nitrogens is 1. The van der Waals surface area contributed by atoms with Crippen molar-refractivity contribution in [3.8, 4) is 5.75 Å². The van der Waals surface area contributed by atoms with Crippen LogP contribution >= 0.6 is 0 Å². The van der Waals surface area contributed by atoms with Crippen LogP contribution in [-0.2, 0) is 4.79 Å². The molecule has 1 amide bonds. The molecule has 5 nitrogen and oxygen atoms in total. The van der Waals surface area contributed by atoms with Crippen LogP contribution in [0.1, 0.15) is 49.1 Å². The van der Waals surface area contributed by atoms with E-state index >= 15 is 0 Å². The van der Waals surface area contributed by atoms with Crippen molar-refractivity contribution in [2.75, 3.05) is 13.7 Å². The van der Waals surface area contributed by atoms with Crippen molar-refractivity contribution in [1.82, 2.24) is 10.3 Å². The van der Waals surface area contributed by atoms with Crippen molar-refractivity contribution in [1.29, 1.82) is 0 Å². The molecule has 1 aliphatic carbocycles. The second-order valence-electron chi connectivity index (χ2n) is 8.04. The first-order valence-corrected chi connectivity index (χ1v) is 10.4. The fourth-order valence-electron chi connectivity index (χ4n) is 4.41. The van der Waals surface area contributed by atoms with Crippen LogP contribution in [0.2, 0.25) is 0 Å². The lowest BCUT2D eigenvalue weighted by Gasteiger charge is -2.32. The van der Waals surface area contributed by atoms with Crippen LogP contribution in [0.25, 0.3) is 10.9 Å². The number of hydrogen-bond donors (Lipinski definition) is 3. The minimum absolute atomic E-state index is 0.0215. The summed E-state index contributed by atoms with van der Waals surface area (Å²) in [7, 11) is 1.66. The van der Waals surface area contributed by atoms with Crippen LogP contribution in [0.15, 0.2) is 54.7 Å². The maximum Gasteiger partial charge on any atom is 0.240 e. The molecule has 1 saturated carbocycles. The van der Waals surface area contributed by atoms with Gasteiger partial charge in [-0.25, -0.2) is 0 Å². The van der Waals surface area contributed by atoms with Gasteiger partial charge in [-0.15, -0.1) is 0 Å².